The Bertz CT molecular complexity index is 460. The molecule has 0 bridgehead atoms. The van der Waals surface area contributed by atoms with E-state index in [2.05, 4.69) is 5.32 Å². The average molecular weight is 295 g/mol. The first-order chi connectivity index (χ1) is 9.97. The zero-order chi connectivity index (χ0) is 15.8. The zero-order valence-electron chi connectivity index (χ0n) is 13.2. The van der Waals surface area contributed by atoms with Gasteiger partial charge in [0.15, 0.2) is 11.5 Å². The molecule has 1 atom stereocenters. The summed E-state index contributed by atoms with van der Waals surface area (Å²) < 4.78 is 10.7. The second-order valence-electron chi connectivity index (χ2n) is 5.32. The van der Waals surface area contributed by atoms with Gasteiger partial charge >= 0.3 is 5.97 Å². The topological polar surface area (TPSA) is 67.8 Å². The Labute approximate surface area is 126 Å². The van der Waals surface area contributed by atoms with Crippen LogP contribution in [0, 0.1) is 5.92 Å². The molecular weight excluding hydrogens is 270 g/mol. The lowest BCUT2D eigenvalue weighted by Crippen LogP contribution is -2.37. The minimum Gasteiger partial charge on any atom is -0.493 e. The monoisotopic (exact) mass is 295 g/mol. The van der Waals surface area contributed by atoms with Crippen LogP contribution in [0.4, 0.5) is 0 Å². The van der Waals surface area contributed by atoms with Crippen molar-refractivity contribution in [2.75, 3.05) is 13.7 Å². The van der Waals surface area contributed by atoms with Crippen molar-refractivity contribution in [3.05, 3.63) is 23.8 Å². The van der Waals surface area contributed by atoms with Gasteiger partial charge in [0.05, 0.1) is 13.7 Å². The van der Waals surface area contributed by atoms with E-state index in [0.717, 1.165) is 5.56 Å². The number of hydrogen-bond acceptors (Lipinski definition) is 4. The van der Waals surface area contributed by atoms with Crippen molar-refractivity contribution in [1.29, 1.82) is 0 Å². The number of rotatable bonds is 9. The van der Waals surface area contributed by atoms with E-state index in [1.54, 1.807) is 7.11 Å². The summed E-state index contributed by atoms with van der Waals surface area (Å²) in [6.45, 7) is 6.99. The summed E-state index contributed by atoms with van der Waals surface area (Å²) in [5, 5.41) is 12.3. The van der Waals surface area contributed by atoms with Crippen LogP contribution in [0.1, 0.15) is 32.8 Å². The molecule has 5 heteroatoms. The van der Waals surface area contributed by atoms with E-state index in [9.17, 15) is 9.90 Å². The molecule has 2 N–H and O–H groups in total. The van der Waals surface area contributed by atoms with E-state index in [-0.39, 0.29) is 0 Å². The number of carboxylic acid groups (broad SMARTS) is 1. The highest BCUT2D eigenvalue weighted by atomic mass is 16.5. The summed E-state index contributed by atoms with van der Waals surface area (Å²) in [6.07, 6.45) is 0.601. The number of benzene rings is 1. The Balaban J connectivity index is 2.71. The number of carbonyl (C=O) groups is 1. The Kier molecular flexibility index (Phi) is 7.02. The second-order valence-corrected chi connectivity index (χ2v) is 5.32. The molecule has 1 aromatic carbocycles. The normalized spacial score (nSPS) is 12.2. The van der Waals surface area contributed by atoms with Gasteiger partial charge in [0.25, 0.3) is 0 Å². The van der Waals surface area contributed by atoms with Gasteiger partial charge in [0.1, 0.15) is 6.04 Å². The summed E-state index contributed by atoms with van der Waals surface area (Å²) in [5.41, 5.74) is 0.963. The summed E-state index contributed by atoms with van der Waals surface area (Å²) in [5.74, 6) is 0.864. The number of hydrogen-bond donors (Lipinski definition) is 2. The molecule has 0 radical (unpaired) electrons. The van der Waals surface area contributed by atoms with E-state index < -0.39 is 12.0 Å². The summed E-state index contributed by atoms with van der Waals surface area (Å²) in [6, 6.07) is 5.08. The highest BCUT2D eigenvalue weighted by molar-refractivity contribution is 5.73. The average Bonchev–Trinajstić information content (AvgIpc) is 2.44. The Morgan fingerprint density at radius 2 is 2.05 bits per heavy atom. The zero-order valence-corrected chi connectivity index (χ0v) is 13.2. The molecule has 0 saturated heterocycles. The van der Waals surface area contributed by atoms with Gasteiger partial charge in [0, 0.05) is 6.54 Å². The van der Waals surface area contributed by atoms with E-state index in [1.807, 2.05) is 39.0 Å². The standard InChI is InChI=1S/C16H25NO4/c1-5-21-14-7-6-12(9-15(14)20-4)10-17-13(16(18)19)8-11(2)3/h6-7,9,11,13,17H,5,8,10H2,1-4H3,(H,18,19). The summed E-state index contributed by atoms with van der Waals surface area (Å²) in [4.78, 5) is 11.2. The van der Waals surface area contributed by atoms with Crippen molar-refractivity contribution in [1.82, 2.24) is 5.32 Å². The quantitative estimate of drug-likeness (QED) is 0.733. The Morgan fingerprint density at radius 1 is 1.33 bits per heavy atom. The predicted octanol–water partition coefficient (Wildman–Crippen LogP) is 2.68. The van der Waals surface area contributed by atoms with Crippen molar-refractivity contribution < 1.29 is 19.4 Å². The highest BCUT2D eigenvalue weighted by Crippen LogP contribution is 2.28. The molecule has 0 fully saturated rings. The third-order valence-corrected chi connectivity index (χ3v) is 3.09. The molecule has 1 aromatic rings. The summed E-state index contributed by atoms with van der Waals surface area (Å²) >= 11 is 0. The van der Waals surface area contributed by atoms with Gasteiger partial charge in [-0.2, -0.15) is 0 Å². The van der Waals surface area contributed by atoms with Gasteiger partial charge in [-0.15, -0.1) is 0 Å². The lowest BCUT2D eigenvalue weighted by molar-refractivity contribution is -0.140. The van der Waals surface area contributed by atoms with Gasteiger partial charge in [-0.3, -0.25) is 4.79 Å². The molecule has 21 heavy (non-hydrogen) atoms. The summed E-state index contributed by atoms with van der Waals surface area (Å²) in [7, 11) is 1.59. The first-order valence-corrected chi connectivity index (χ1v) is 7.23. The van der Waals surface area contributed by atoms with Crippen molar-refractivity contribution in [3.63, 3.8) is 0 Å². The first kappa shape index (κ1) is 17.3. The molecule has 1 unspecified atom stereocenters. The van der Waals surface area contributed by atoms with E-state index in [4.69, 9.17) is 9.47 Å². The van der Waals surface area contributed by atoms with Crippen molar-refractivity contribution >= 4 is 5.97 Å². The van der Waals surface area contributed by atoms with Crippen LogP contribution in [-0.4, -0.2) is 30.8 Å². The van der Waals surface area contributed by atoms with Crippen LogP contribution >= 0.6 is 0 Å². The van der Waals surface area contributed by atoms with Crippen LogP contribution in [-0.2, 0) is 11.3 Å². The third-order valence-electron chi connectivity index (χ3n) is 3.09. The number of ether oxygens (including phenoxy) is 2. The Hall–Kier alpha value is -1.75. The van der Waals surface area contributed by atoms with Crippen LogP contribution in [0.25, 0.3) is 0 Å². The maximum Gasteiger partial charge on any atom is 0.320 e. The molecule has 0 aliphatic rings. The van der Waals surface area contributed by atoms with Crippen molar-refractivity contribution in [2.24, 2.45) is 5.92 Å². The fraction of sp³-hybridized carbons (Fsp3) is 0.562. The van der Waals surface area contributed by atoms with Crippen LogP contribution in [0.15, 0.2) is 18.2 Å². The molecule has 0 aliphatic heterocycles. The van der Waals surface area contributed by atoms with E-state index in [1.165, 1.54) is 0 Å². The Morgan fingerprint density at radius 3 is 2.57 bits per heavy atom. The maximum atomic E-state index is 11.2. The smallest absolute Gasteiger partial charge is 0.320 e. The van der Waals surface area contributed by atoms with Crippen LogP contribution in [0.5, 0.6) is 11.5 Å². The predicted molar refractivity (Wildman–Crippen MR) is 81.9 cm³/mol. The van der Waals surface area contributed by atoms with Gasteiger partial charge in [-0.1, -0.05) is 19.9 Å². The number of aliphatic carboxylic acids is 1. The molecular formula is C16H25NO4. The molecule has 0 aliphatic carbocycles. The number of carboxylic acids is 1. The lowest BCUT2D eigenvalue weighted by Gasteiger charge is -2.17. The largest absolute Gasteiger partial charge is 0.493 e. The molecule has 0 saturated carbocycles. The van der Waals surface area contributed by atoms with Gasteiger partial charge in [-0.25, -0.2) is 0 Å². The number of nitrogens with one attached hydrogen (secondary N) is 1. The highest BCUT2D eigenvalue weighted by Gasteiger charge is 2.18. The SMILES string of the molecule is CCOc1ccc(CNC(CC(C)C)C(=O)O)cc1OC. The van der Waals surface area contributed by atoms with E-state index >= 15 is 0 Å². The minimum atomic E-state index is -0.818. The molecule has 5 nitrogen and oxygen atoms in total. The van der Waals surface area contributed by atoms with Gasteiger partial charge in [-0.05, 0) is 37.0 Å². The molecule has 0 amide bonds. The van der Waals surface area contributed by atoms with Crippen LogP contribution < -0.4 is 14.8 Å². The molecule has 118 valence electrons. The van der Waals surface area contributed by atoms with Crippen LogP contribution in [0.3, 0.4) is 0 Å². The minimum absolute atomic E-state index is 0.327. The molecule has 0 heterocycles. The molecule has 0 aromatic heterocycles. The van der Waals surface area contributed by atoms with Crippen molar-refractivity contribution in [3.8, 4) is 11.5 Å². The number of methoxy groups -OCH3 is 1. The first-order valence-electron chi connectivity index (χ1n) is 7.23. The third kappa shape index (κ3) is 5.63. The molecule has 0 spiro atoms. The van der Waals surface area contributed by atoms with Gasteiger partial charge in [0.2, 0.25) is 0 Å². The van der Waals surface area contributed by atoms with Gasteiger partial charge < -0.3 is 19.9 Å². The fourth-order valence-corrected chi connectivity index (χ4v) is 2.08. The van der Waals surface area contributed by atoms with E-state index in [0.29, 0.717) is 37.0 Å². The van der Waals surface area contributed by atoms with Crippen molar-refractivity contribution in [2.45, 2.75) is 39.8 Å². The maximum absolute atomic E-state index is 11.2. The molecule has 1 rings (SSSR count). The van der Waals surface area contributed by atoms with Crippen LogP contribution in [0.2, 0.25) is 0 Å². The fourth-order valence-electron chi connectivity index (χ4n) is 2.08. The lowest BCUT2D eigenvalue weighted by atomic mass is 10.0. The second kappa shape index (κ2) is 8.52.